The second kappa shape index (κ2) is 13.7. The molecule has 0 bridgehead atoms. The number of nitrogens with two attached hydrogens (primary N) is 1. The van der Waals surface area contributed by atoms with Gasteiger partial charge in [0.05, 0.1) is 11.8 Å². The predicted octanol–water partition coefficient (Wildman–Crippen LogP) is 2.63. The summed E-state index contributed by atoms with van der Waals surface area (Å²) in [7, 11) is -4.06. The summed E-state index contributed by atoms with van der Waals surface area (Å²) in [5.41, 5.74) is 5.57. The van der Waals surface area contributed by atoms with Crippen LogP contribution in [0.1, 0.15) is 77.6 Å². The molecular formula is C16H34N2O4S. The normalized spacial score (nSPS) is 13.0. The topological polar surface area (TPSA) is 109 Å². The van der Waals surface area contributed by atoms with Crippen LogP contribution in [0.3, 0.4) is 0 Å². The van der Waals surface area contributed by atoms with Crippen LogP contribution in [0.15, 0.2) is 0 Å². The van der Waals surface area contributed by atoms with Crippen LogP contribution in [-0.4, -0.2) is 37.2 Å². The average molecular weight is 351 g/mol. The lowest BCUT2D eigenvalue weighted by molar-refractivity contribution is -0.122. The average Bonchev–Trinajstić information content (AvgIpc) is 2.49. The van der Waals surface area contributed by atoms with Gasteiger partial charge in [-0.2, -0.15) is 8.42 Å². The van der Waals surface area contributed by atoms with Crippen molar-refractivity contribution in [2.24, 2.45) is 5.73 Å². The van der Waals surface area contributed by atoms with Gasteiger partial charge in [-0.1, -0.05) is 64.7 Å². The van der Waals surface area contributed by atoms with E-state index in [0.29, 0.717) is 6.54 Å². The summed E-state index contributed by atoms with van der Waals surface area (Å²) in [6, 6.07) is -0.889. The van der Waals surface area contributed by atoms with E-state index >= 15 is 0 Å². The highest BCUT2D eigenvalue weighted by atomic mass is 32.2. The Kier molecular flexibility index (Phi) is 13.4. The molecule has 0 radical (unpaired) electrons. The lowest BCUT2D eigenvalue weighted by Gasteiger charge is -2.11. The summed E-state index contributed by atoms with van der Waals surface area (Å²) in [4.78, 5) is 11.6. The van der Waals surface area contributed by atoms with Crippen LogP contribution in [0.2, 0.25) is 0 Å². The number of hydrogen-bond donors (Lipinski definition) is 3. The minimum absolute atomic E-state index is 0.0668. The zero-order valence-corrected chi connectivity index (χ0v) is 15.2. The van der Waals surface area contributed by atoms with Crippen molar-refractivity contribution in [3.05, 3.63) is 0 Å². The monoisotopic (exact) mass is 350 g/mol. The summed E-state index contributed by atoms with van der Waals surface area (Å²) < 4.78 is 29.8. The van der Waals surface area contributed by atoms with Gasteiger partial charge in [0.15, 0.2) is 0 Å². The van der Waals surface area contributed by atoms with Crippen LogP contribution in [0, 0.1) is 0 Å². The second-order valence-electron chi connectivity index (χ2n) is 6.15. The van der Waals surface area contributed by atoms with Crippen LogP contribution < -0.4 is 11.1 Å². The number of rotatable bonds is 15. The van der Waals surface area contributed by atoms with Gasteiger partial charge >= 0.3 is 0 Å². The molecule has 0 heterocycles. The van der Waals surface area contributed by atoms with E-state index in [0.717, 1.165) is 12.8 Å². The minimum atomic E-state index is -4.06. The van der Waals surface area contributed by atoms with Gasteiger partial charge in [-0.05, 0) is 12.8 Å². The van der Waals surface area contributed by atoms with Crippen molar-refractivity contribution in [1.29, 1.82) is 0 Å². The van der Waals surface area contributed by atoms with Gasteiger partial charge in [0.2, 0.25) is 5.91 Å². The van der Waals surface area contributed by atoms with Crippen molar-refractivity contribution in [1.82, 2.24) is 5.32 Å². The van der Waals surface area contributed by atoms with Crippen LogP contribution >= 0.6 is 0 Å². The molecule has 1 unspecified atom stereocenters. The number of hydrogen-bond acceptors (Lipinski definition) is 4. The standard InChI is InChI=1S/C16H34N2O4S/c1-2-3-4-5-6-7-8-9-10-11-13-18-16(19)15(17)12-14-23(20,21)22/h15H,2-14,17H2,1H3,(H,18,19)(H,20,21,22). The predicted molar refractivity (Wildman–Crippen MR) is 93.9 cm³/mol. The number of carbonyl (C=O) groups is 1. The molecule has 0 rings (SSSR count). The Balaban J connectivity index is 3.41. The largest absolute Gasteiger partial charge is 0.355 e. The maximum atomic E-state index is 11.6. The van der Waals surface area contributed by atoms with Gasteiger partial charge in [-0.15, -0.1) is 0 Å². The molecule has 1 atom stereocenters. The van der Waals surface area contributed by atoms with Gasteiger partial charge < -0.3 is 11.1 Å². The quantitative estimate of drug-likeness (QED) is 0.311. The first-order valence-corrected chi connectivity index (χ1v) is 10.5. The highest BCUT2D eigenvalue weighted by Gasteiger charge is 2.16. The zero-order valence-electron chi connectivity index (χ0n) is 14.4. The van der Waals surface area contributed by atoms with Gasteiger partial charge in [-0.25, -0.2) is 0 Å². The molecular weight excluding hydrogens is 316 g/mol. The fraction of sp³-hybridized carbons (Fsp3) is 0.938. The fourth-order valence-corrected chi connectivity index (χ4v) is 2.91. The van der Waals surface area contributed by atoms with Crippen LogP contribution in [-0.2, 0) is 14.9 Å². The van der Waals surface area contributed by atoms with E-state index in [9.17, 15) is 13.2 Å². The third-order valence-electron chi connectivity index (χ3n) is 3.85. The summed E-state index contributed by atoms with van der Waals surface area (Å²) in [6.07, 6.45) is 12.3. The number of nitrogens with one attached hydrogen (secondary N) is 1. The Bertz CT molecular complexity index is 399. The molecule has 0 fully saturated rings. The molecule has 0 aromatic carbocycles. The number of unbranched alkanes of at least 4 members (excludes halogenated alkanes) is 9. The molecule has 0 aliphatic heterocycles. The van der Waals surface area contributed by atoms with E-state index < -0.39 is 21.9 Å². The van der Waals surface area contributed by atoms with Crippen molar-refractivity contribution in [2.45, 2.75) is 83.6 Å². The van der Waals surface area contributed by atoms with Crippen LogP contribution in [0.5, 0.6) is 0 Å². The highest BCUT2D eigenvalue weighted by Crippen LogP contribution is 2.10. The molecule has 1 amide bonds. The Morgan fingerprint density at radius 2 is 1.48 bits per heavy atom. The zero-order chi connectivity index (χ0) is 17.6. The smallest absolute Gasteiger partial charge is 0.264 e. The van der Waals surface area contributed by atoms with Gasteiger partial charge in [0, 0.05) is 6.54 Å². The van der Waals surface area contributed by atoms with E-state index in [-0.39, 0.29) is 12.3 Å². The second-order valence-corrected chi connectivity index (χ2v) is 7.73. The Hall–Kier alpha value is -0.660. The summed E-state index contributed by atoms with van der Waals surface area (Å²) in [6.45, 7) is 2.79. The van der Waals surface area contributed by atoms with Crippen molar-refractivity contribution >= 4 is 16.0 Å². The van der Waals surface area contributed by atoms with Crippen molar-refractivity contribution < 1.29 is 17.8 Å². The third kappa shape index (κ3) is 16.0. The molecule has 0 aliphatic carbocycles. The van der Waals surface area contributed by atoms with Gasteiger partial charge in [0.25, 0.3) is 10.1 Å². The first-order valence-electron chi connectivity index (χ1n) is 8.85. The van der Waals surface area contributed by atoms with E-state index in [4.69, 9.17) is 10.3 Å². The maximum absolute atomic E-state index is 11.6. The highest BCUT2D eigenvalue weighted by molar-refractivity contribution is 7.85. The maximum Gasteiger partial charge on any atom is 0.264 e. The first kappa shape index (κ1) is 22.3. The van der Waals surface area contributed by atoms with Crippen molar-refractivity contribution in [3.63, 3.8) is 0 Å². The van der Waals surface area contributed by atoms with E-state index in [2.05, 4.69) is 12.2 Å². The minimum Gasteiger partial charge on any atom is -0.355 e. The van der Waals surface area contributed by atoms with Gasteiger partial charge in [-0.3, -0.25) is 9.35 Å². The molecule has 7 heteroatoms. The molecule has 0 aliphatic rings. The van der Waals surface area contributed by atoms with E-state index in [1.165, 1.54) is 51.4 Å². The lowest BCUT2D eigenvalue weighted by atomic mass is 10.1. The van der Waals surface area contributed by atoms with E-state index in [1.807, 2.05) is 0 Å². The SMILES string of the molecule is CCCCCCCCCCCCNC(=O)C(N)CCS(=O)(=O)O. The molecule has 0 spiro atoms. The molecule has 6 nitrogen and oxygen atoms in total. The van der Waals surface area contributed by atoms with Gasteiger partial charge in [0.1, 0.15) is 0 Å². The lowest BCUT2D eigenvalue weighted by Crippen LogP contribution is -2.41. The van der Waals surface area contributed by atoms with Crippen LogP contribution in [0.4, 0.5) is 0 Å². The third-order valence-corrected chi connectivity index (χ3v) is 4.60. The number of amides is 1. The molecule has 4 N–H and O–H groups in total. The molecule has 0 aromatic heterocycles. The summed E-state index contributed by atoms with van der Waals surface area (Å²) in [5.74, 6) is -0.843. The molecule has 0 saturated heterocycles. The molecule has 0 saturated carbocycles. The summed E-state index contributed by atoms with van der Waals surface area (Å²) >= 11 is 0. The number of carbonyl (C=O) groups excluding carboxylic acids is 1. The van der Waals surface area contributed by atoms with E-state index in [1.54, 1.807) is 0 Å². The van der Waals surface area contributed by atoms with Crippen molar-refractivity contribution in [3.8, 4) is 0 Å². The molecule has 0 aromatic rings. The first-order chi connectivity index (χ1) is 10.9. The Labute approximate surface area is 141 Å². The molecule has 23 heavy (non-hydrogen) atoms. The fourth-order valence-electron chi connectivity index (χ4n) is 2.36. The van der Waals surface area contributed by atoms with Crippen LogP contribution in [0.25, 0.3) is 0 Å². The Morgan fingerprint density at radius 3 is 1.96 bits per heavy atom. The molecule has 138 valence electrons. The van der Waals surface area contributed by atoms with Crippen molar-refractivity contribution in [2.75, 3.05) is 12.3 Å². The summed E-state index contributed by atoms with van der Waals surface area (Å²) in [5, 5.41) is 2.70. The Morgan fingerprint density at radius 1 is 1.00 bits per heavy atom.